The number of aliphatic hydroxyl groups excluding tert-OH is 1. The van der Waals surface area contributed by atoms with Gasteiger partial charge >= 0.3 is 0 Å². The zero-order chi connectivity index (χ0) is 10.3. The molecule has 1 nitrogen and oxygen atoms in total. The average Bonchev–Trinajstić information content (AvgIpc) is 2.06. The second kappa shape index (κ2) is 5.94. The van der Waals surface area contributed by atoms with Gasteiger partial charge in [-0.05, 0) is 6.92 Å². The van der Waals surface area contributed by atoms with Crippen LogP contribution in [0.5, 0.6) is 0 Å². The molecular weight excluding hydrogens is 176 g/mol. The second-order valence-electron chi connectivity index (χ2n) is 3.93. The summed E-state index contributed by atoms with van der Waals surface area (Å²) >= 11 is 0. The zero-order valence-electron chi connectivity index (χ0n) is 9.04. The quantitative estimate of drug-likeness (QED) is 0.683. The maximum Gasteiger partial charge on any atom is 0.0775 e. The first-order valence-corrected chi connectivity index (χ1v) is 8.18. The highest BCUT2D eigenvalue weighted by Gasteiger charge is 2.14. The lowest BCUT2D eigenvalue weighted by Crippen LogP contribution is -2.37. The van der Waals surface area contributed by atoms with Crippen LogP contribution in [-0.2, 0) is 0 Å². The van der Waals surface area contributed by atoms with Crippen molar-refractivity contribution in [2.24, 2.45) is 0 Å². The van der Waals surface area contributed by atoms with E-state index in [9.17, 15) is 0 Å². The molecule has 1 rings (SSSR count). The average molecular weight is 196 g/mol. The molecule has 0 aliphatic rings. The van der Waals surface area contributed by atoms with Gasteiger partial charge in [-0.1, -0.05) is 55.2 Å². The fraction of sp³-hybridized carbons (Fsp3) is 0.455. The predicted molar refractivity (Wildman–Crippen MR) is 62.2 cm³/mol. The van der Waals surface area contributed by atoms with Gasteiger partial charge in [0.15, 0.2) is 0 Å². The van der Waals surface area contributed by atoms with Gasteiger partial charge in [-0.3, -0.25) is 0 Å². The molecule has 13 heavy (non-hydrogen) atoms. The third-order valence-electron chi connectivity index (χ3n) is 1.64. The lowest BCUT2D eigenvalue weighted by atomic mass is 10.4. The molecule has 0 saturated heterocycles. The van der Waals surface area contributed by atoms with Crippen LogP contribution >= 0.6 is 0 Å². The molecule has 1 N–H and O–H groups in total. The van der Waals surface area contributed by atoms with E-state index in [0.717, 1.165) is 0 Å². The number of rotatable bonds is 1. The molecule has 0 aromatic heterocycles. The molecule has 0 bridgehead atoms. The fourth-order valence-corrected chi connectivity index (χ4v) is 2.13. The van der Waals surface area contributed by atoms with Crippen molar-refractivity contribution in [1.29, 1.82) is 0 Å². The van der Waals surface area contributed by atoms with Crippen LogP contribution in [0, 0.1) is 0 Å². The summed E-state index contributed by atoms with van der Waals surface area (Å²) in [5.74, 6) is 0. The fourth-order valence-electron chi connectivity index (χ4n) is 0.938. The third-order valence-corrected chi connectivity index (χ3v) is 3.71. The van der Waals surface area contributed by atoms with Crippen LogP contribution in [0.15, 0.2) is 30.3 Å². The molecule has 74 valence electrons. The third kappa shape index (κ3) is 5.61. The van der Waals surface area contributed by atoms with E-state index in [1.54, 1.807) is 6.92 Å². The molecule has 2 heteroatoms. The Labute approximate surface area is 82.4 Å². The standard InChI is InChI=1S/C9H14Si.C2H6O/c1-10(2,3)9-7-5-4-6-8-9;1-2-3/h4-8H,1-3H3;3H,2H2,1H3. The Morgan fingerprint density at radius 2 is 1.46 bits per heavy atom. The molecule has 0 radical (unpaired) electrons. The van der Waals surface area contributed by atoms with Gasteiger partial charge in [0.05, 0.1) is 8.07 Å². The van der Waals surface area contributed by atoms with Crippen molar-refractivity contribution in [2.75, 3.05) is 6.61 Å². The van der Waals surface area contributed by atoms with Crippen LogP contribution in [0.2, 0.25) is 19.6 Å². The monoisotopic (exact) mass is 196 g/mol. The Balaban J connectivity index is 0.000000424. The van der Waals surface area contributed by atoms with Crippen molar-refractivity contribution in [3.63, 3.8) is 0 Å². The highest BCUT2D eigenvalue weighted by Crippen LogP contribution is 2.00. The van der Waals surface area contributed by atoms with E-state index < -0.39 is 8.07 Å². The minimum absolute atomic E-state index is 0.250. The molecule has 0 heterocycles. The number of aliphatic hydroxyl groups is 1. The van der Waals surface area contributed by atoms with E-state index in [-0.39, 0.29) is 6.61 Å². The van der Waals surface area contributed by atoms with Crippen molar-refractivity contribution < 1.29 is 5.11 Å². The lowest BCUT2D eigenvalue weighted by Gasteiger charge is -2.15. The minimum atomic E-state index is -1.03. The van der Waals surface area contributed by atoms with Gasteiger partial charge in [-0.2, -0.15) is 0 Å². The van der Waals surface area contributed by atoms with Crippen molar-refractivity contribution >= 4 is 13.3 Å². The summed E-state index contributed by atoms with van der Waals surface area (Å²) in [6, 6.07) is 10.8. The van der Waals surface area contributed by atoms with E-state index in [1.165, 1.54) is 5.19 Å². The molecule has 0 amide bonds. The molecular formula is C11H20OSi. The molecule has 0 aliphatic carbocycles. The summed E-state index contributed by atoms with van der Waals surface area (Å²) in [4.78, 5) is 0. The van der Waals surface area contributed by atoms with E-state index in [0.29, 0.717) is 0 Å². The molecule has 1 aromatic rings. The highest BCUT2D eigenvalue weighted by atomic mass is 28.3. The smallest absolute Gasteiger partial charge is 0.0775 e. The Bertz CT molecular complexity index is 213. The summed E-state index contributed by atoms with van der Waals surface area (Å²) in [7, 11) is -1.03. The SMILES string of the molecule is CCO.C[Si](C)(C)c1ccccc1. The summed E-state index contributed by atoms with van der Waals surface area (Å²) in [6.07, 6.45) is 0. The van der Waals surface area contributed by atoms with Gasteiger partial charge < -0.3 is 5.11 Å². The van der Waals surface area contributed by atoms with Gasteiger partial charge in [-0.25, -0.2) is 0 Å². The normalized spacial score (nSPS) is 10.2. The van der Waals surface area contributed by atoms with Gasteiger partial charge in [0.2, 0.25) is 0 Å². The highest BCUT2D eigenvalue weighted by molar-refractivity contribution is 6.88. The van der Waals surface area contributed by atoms with E-state index in [4.69, 9.17) is 5.11 Å². The minimum Gasteiger partial charge on any atom is -0.397 e. The number of benzene rings is 1. The number of hydrogen-bond acceptors (Lipinski definition) is 1. The maximum absolute atomic E-state index is 7.57. The van der Waals surface area contributed by atoms with Crippen LogP contribution in [-0.4, -0.2) is 19.8 Å². The van der Waals surface area contributed by atoms with Gasteiger partial charge in [0, 0.05) is 6.61 Å². The Kier molecular flexibility index (Phi) is 5.67. The molecule has 0 saturated carbocycles. The van der Waals surface area contributed by atoms with Crippen LogP contribution < -0.4 is 5.19 Å². The predicted octanol–water partition coefficient (Wildman–Crippen LogP) is 2.23. The van der Waals surface area contributed by atoms with Crippen molar-refractivity contribution in [3.05, 3.63) is 30.3 Å². The number of hydrogen-bond donors (Lipinski definition) is 1. The summed E-state index contributed by atoms with van der Waals surface area (Å²) in [6.45, 7) is 9.02. The van der Waals surface area contributed by atoms with Crippen molar-refractivity contribution in [2.45, 2.75) is 26.6 Å². The van der Waals surface area contributed by atoms with E-state index in [1.807, 2.05) is 0 Å². The van der Waals surface area contributed by atoms with Crippen LogP contribution in [0.3, 0.4) is 0 Å². The van der Waals surface area contributed by atoms with Gasteiger partial charge in [0.25, 0.3) is 0 Å². The van der Waals surface area contributed by atoms with Crippen LogP contribution in [0.25, 0.3) is 0 Å². The molecule has 0 unspecified atom stereocenters. The van der Waals surface area contributed by atoms with Crippen molar-refractivity contribution in [1.82, 2.24) is 0 Å². The Morgan fingerprint density at radius 1 is 1.08 bits per heavy atom. The Hall–Kier alpha value is -0.603. The summed E-state index contributed by atoms with van der Waals surface area (Å²) < 4.78 is 0. The summed E-state index contributed by atoms with van der Waals surface area (Å²) in [5.41, 5.74) is 0. The van der Waals surface area contributed by atoms with Gasteiger partial charge in [0.1, 0.15) is 0 Å². The molecule has 0 atom stereocenters. The molecule has 0 spiro atoms. The first kappa shape index (κ1) is 12.4. The largest absolute Gasteiger partial charge is 0.397 e. The molecule has 1 aromatic carbocycles. The van der Waals surface area contributed by atoms with Crippen LogP contribution in [0.1, 0.15) is 6.92 Å². The van der Waals surface area contributed by atoms with E-state index >= 15 is 0 Å². The molecule has 0 fully saturated rings. The van der Waals surface area contributed by atoms with Crippen molar-refractivity contribution in [3.8, 4) is 0 Å². The molecule has 0 aliphatic heterocycles. The van der Waals surface area contributed by atoms with Crippen LogP contribution in [0.4, 0.5) is 0 Å². The van der Waals surface area contributed by atoms with Gasteiger partial charge in [-0.15, -0.1) is 0 Å². The Morgan fingerprint density at radius 3 is 1.69 bits per heavy atom. The van der Waals surface area contributed by atoms with E-state index in [2.05, 4.69) is 50.0 Å². The maximum atomic E-state index is 7.57. The summed E-state index contributed by atoms with van der Waals surface area (Å²) in [5, 5.41) is 9.11. The first-order chi connectivity index (χ1) is 6.02. The zero-order valence-corrected chi connectivity index (χ0v) is 10.0. The first-order valence-electron chi connectivity index (χ1n) is 4.68. The topological polar surface area (TPSA) is 20.2 Å². The second-order valence-corrected chi connectivity index (χ2v) is 9.01. The lowest BCUT2D eigenvalue weighted by molar-refractivity contribution is 0.318.